The number of hydrogen-bond acceptors (Lipinski definition) is 3. The molecular formula is C19H26N2O3. The summed E-state index contributed by atoms with van der Waals surface area (Å²) < 4.78 is 5.34. The number of ether oxygens (including phenoxy) is 1. The first-order chi connectivity index (χ1) is 11.6. The second-order valence-electron chi connectivity index (χ2n) is 6.80. The van der Waals surface area contributed by atoms with Crippen LogP contribution in [0.4, 0.5) is 0 Å². The van der Waals surface area contributed by atoms with Crippen LogP contribution in [0.1, 0.15) is 41.6 Å². The Bertz CT molecular complexity index is 625. The highest BCUT2D eigenvalue weighted by molar-refractivity contribution is 5.97. The molecule has 2 aliphatic rings. The summed E-state index contributed by atoms with van der Waals surface area (Å²) in [6.07, 6.45) is 4.05. The average molecular weight is 330 g/mol. The molecule has 130 valence electrons. The predicted molar refractivity (Wildman–Crippen MR) is 92.2 cm³/mol. The van der Waals surface area contributed by atoms with Crippen LogP contribution in [0, 0.1) is 12.8 Å². The van der Waals surface area contributed by atoms with Crippen molar-refractivity contribution in [3.63, 3.8) is 0 Å². The molecule has 1 aliphatic heterocycles. The fraction of sp³-hybridized carbons (Fsp3) is 0.579. The SMILES string of the molecule is COc1ccc(C)cc1C(=O)N1CCCN(C(=O)C2CCC2)CC1. The van der Waals surface area contributed by atoms with E-state index in [4.69, 9.17) is 4.74 Å². The Morgan fingerprint density at radius 3 is 2.42 bits per heavy atom. The van der Waals surface area contributed by atoms with Gasteiger partial charge in [0.25, 0.3) is 5.91 Å². The molecule has 0 spiro atoms. The van der Waals surface area contributed by atoms with Crippen LogP contribution in [0.25, 0.3) is 0 Å². The molecule has 0 unspecified atom stereocenters. The van der Waals surface area contributed by atoms with E-state index in [9.17, 15) is 9.59 Å². The number of amides is 2. The monoisotopic (exact) mass is 330 g/mol. The van der Waals surface area contributed by atoms with E-state index in [0.717, 1.165) is 31.4 Å². The molecule has 0 bridgehead atoms. The number of rotatable bonds is 3. The van der Waals surface area contributed by atoms with Gasteiger partial charge in [-0.1, -0.05) is 18.1 Å². The number of benzene rings is 1. The Morgan fingerprint density at radius 2 is 1.75 bits per heavy atom. The lowest BCUT2D eigenvalue weighted by Gasteiger charge is -2.31. The molecule has 5 heteroatoms. The number of hydrogen-bond donors (Lipinski definition) is 0. The standard InChI is InChI=1S/C19H26N2O3/c1-14-7-8-17(24-2)16(13-14)19(23)21-10-4-9-20(11-12-21)18(22)15-5-3-6-15/h7-8,13,15H,3-6,9-12H2,1-2H3. The first-order valence-corrected chi connectivity index (χ1v) is 8.83. The van der Waals surface area contributed by atoms with Crippen molar-refractivity contribution in [1.29, 1.82) is 0 Å². The van der Waals surface area contributed by atoms with E-state index >= 15 is 0 Å². The van der Waals surface area contributed by atoms with E-state index in [1.54, 1.807) is 7.11 Å². The van der Waals surface area contributed by atoms with Gasteiger partial charge in [0.2, 0.25) is 5.91 Å². The molecule has 0 aromatic heterocycles. The molecule has 1 saturated carbocycles. The van der Waals surface area contributed by atoms with Gasteiger partial charge in [0.15, 0.2) is 0 Å². The molecular weight excluding hydrogens is 304 g/mol. The number of methoxy groups -OCH3 is 1. The van der Waals surface area contributed by atoms with Crippen LogP contribution in [0.3, 0.4) is 0 Å². The van der Waals surface area contributed by atoms with Gasteiger partial charge in [0.1, 0.15) is 5.75 Å². The molecule has 24 heavy (non-hydrogen) atoms. The van der Waals surface area contributed by atoms with E-state index in [2.05, 4.69) is 0 Å². The zero-order valence-corrected chi connectivity index (χ0v) is 14.6. The third kappa shape index (κ3) is 3.40. The molecule has 0 N–H and O–H groups in total. The van der Waals surface area contributed by atoms with Crippen LogP contribution in [0.5, 0.6) is 5.75 Å². The van der Waals surface area contributed by atoms with Gasteiger partial charge in [-0.3, -0.25) is 9.59 Å². The smallest absolute Gasteiger partial charge is 0.257 e. The summed E-state index contributed by atoms with van der Waals surface area (Å²) in [6, 6.07) is 5.66. The molecule has 1 aromatic carbocycles. The summed E-state index contributed by atoms with van der Waals surface area (Å²) in [4.78, 5) is 29.1. The van der Waals surface area contributed by atoms with Crippen LogP contribution in [0.15, 0.2) is 18.2 Å². The predicted octanol–water partition coefficient (Wildman–Crippen LogP) is 2.48. The molecule has 2 amide bonds. The highest BCUT2D eigenvalue weighted by atomic mass is 16.5. The maximum atomic E-state index is 12.9. The molecule has 5 nitrogen and oxygen atoms in total. The topological polar surface area (TPSA) is 49.9 Å². The van der Waals surface area contributed by atoms with Crippen molar-refractivity contribution >= 4 is 11.8 Å². The molecule has 1 heterocycles. The molecule has 0 atom stereocenters. The highest BCUT2D eigenvalue weighted by Gasteiger charge is 2.31. The van der Waals surface area contributed by atoms with Crippen LogP contribution in [-0.2, 0) is 4.79 Å². The quantitative estimate of drug-likeness (QED) is 0.855. The van der Waals surface area contributed by atoms with Crippen LogP contribution in [-0.4, -0.2) is 54.9 Å². The zero-order valence-electron chi connectivity index (χ0n) is 14.6. The van der Waals surface area contributed by atoms with Crippen molar-refractivity contribution in [1.82, 2.24) is 9.80 Å². The lowest BCUT2D eigenvalue weighted by Crippen LogP contribution is -2.41. The lowest BCUT2D eigenvalue weighted by atomic mass is 9.84. The Balaban J connectivity index is 1.68. The number of carbonyl (C=O) groups is 2. The summed E-state index contributed by atoms with van der Waals surface area (Å²) in [5, 5.41) is 0. The number of aryl methyl sites for hydroxylation is 1. The number of nitrogens with zero attached hydrogens (tertiary/aromatic N) is 2. The van der Waals surface area contributed by atoms with Crippen molar-refractivity contribution < 1.29 is 14.3 Å². The summed E-state index contributed by atoms with van der Waals surface area (Å²) >= 11 is 0. The van der Waals surface area contributed by atoms with Crippen molar-refractivity contribution in [3.8, 4) is 5.75 Å². The minimum absolute atomic E-state index is 0.00602. The normalized spacial score (nSPS) is 18.8. The van der Waals surface area contributed by atoms with Crippen LogP contribution < -0.4 is 4.74 Å². The summed E-state index contributed by atoms with van der Waals surface area (Å²) in [5.41, 5.74) is 1.65. The fourth-order valence-corrected chi connectivity index (χ4v) is 3.41. The van der Waals surface area contributed by atoms with E-state index in [-0.39, 0.29) is 17.7 Å². The maximum absolute atomic E-state index is 12.9. The van der Waals surface area contributed by atoms with E-state index < -0.39 is 0 Å². The van der Waals surface area contributed by atoms with E-state index in [0.29, 0.717) is 30.9 Å². The van der Waals surface area contributed by atoms with Gasteiger partial charge >= 0.3 is 0 Å². The minimum Gasteiger partial charge on any atom is -0.496 e. The molecule has 1 aliphatic carbocycles. The molecule has 2 fully saturated rings. The third-order valence-corrected chi connectivity index (χ3v) is 5.13. The summed E-state index contributed by atoms with van der Waals surface area (Å²) in [6.45, 7) is 4.63. The maximum Gasteiger partial charge on any atom is 0.257 e. The van der Waals surface area contributed by atoms with Gasteiger partial charge in [-0.05, 0) is 38.3 Å². The van der Waals surface area contributed by atoms with Gasteiger partial charge in [0.05, 0.1) is 12.7 Å². The van der Waals surface area contributed by atoms with Crippen molar-refractivity contribution in [2.24, 2.45) is 5.92 Å². The largest absolute Gasteiger partial charge is 0.496 e. The van der Waals surface area contributed by atoms with Gasteiger partial charge < -0.3 is 14.5 Å². The Labute approximate surface area is 143 Å². The molecule has 1 aromatic rings. The third-order valence-electron chi connectivity index (χ3n) is 5.13. The average Bonchev–Trinajstić information content (AvgIpc) is 2.78. The van der Waals surface area contributed by atoms with Crippen LogP contribution in [0.2, 0.25) is 0 Å². The fourth-order valence-electron chi connectivity index (χ4n) is 3.41. The van der Waals surface area contributed by atoms with E-state index in [1.807, 2.05) is 34.9 Å². The Hall–Kier alpha value is -2.04. The minimum atomic E-state index is -0.00602. The summed E-state index contributed by atoms with van der Waals surface area (Å²) in [7, 11) is 1.59. The Kier molecular flexibility index (Phi) is 5.07. The highest BCUT2D eigenvalue weighted by Crippen LogP contribution is 2.29. The molecule has 1 saturated heterocycles. The second-order valence-corrected chi connectivity index (χ2v) is 6.80. The summed E-state index contributed by atoms with van der Waals surface area (Å²) in [5.74, 6) is 1.11. The zero-order chi connectivity index (χ0) is 17.1. The second kappa shape index (κ2) is 7.24. The molecule has 3 rings (SSSR count). The van der Waals surface area contributed by atoms with Crippen molar-refractivity contribution in [2.75, 3.05) is 33.3 Å². The van der Waals surface area contributed by atoms with Gasteiger partial charge in [-0.2, -0.15) is 0 Å². The van der Waals surface area contributed by atoms with Gasteiger partial charge in [-0.15, -0.1) is 0 Å². The van der Waals surface area contributed by atoms with Crippen molar-refractivity contribution in [2.45, 2.75) is 32.6 Å². The molecule has 0 radical (unpaired) electrons. The Morgan fingerprint density at radius 1 is 1.04 bits per heavy atom. The van der Waals surface area contributed by atoms with Crippen LogP contribution >= 0.6 is 0 Å². The van der Waals surface area contributed by atoms with Gasteiger partial charge in [0, 0.05) is 32.1 Å². The van der Waals surface area contributed by atoms with Crippen molar-refractivity contribution in [3.05, 3.63) is 29.3 Å². The first kappa shape index (κ1) is 16.8. The van der Waals surface area contributed by atoms with E-state index in [1.165, 1.54) is 6.42 Å². The lowest BCUT2D eigenvalue weighted by molar-refractivity contribution is -0.138. The van der Waals surface area contributed by atoms with Gasteiger partial charge in [-0.25, -0.2) is 0 Å². The first-order valence-electron chi connectivity index (χ1n) is 8.83. The number of carbonyl (C=O) groups excluding carboxylic acids is 2.